The molecule has 0 unspecified atom stereocenters. The van der Waals surface area contributed by atoms with Crippen molar-refractivity contribution in [3.8, 4) is 16.9 Å². The second kappa shape index (κ2) is 9.84. The van der Waals surface area contributed by atoms with Gasteiger partial charge in [-0.15, -0.1) is 11.3 Å². The molecule has 9 heteroatoms. The molecular weight excluding hydrogens is 453 g/mol. The molecule has 1 aliphatic rings. The fourth-order valence-electron chi connectivity index (χ4n) is 3.86. The van der Waals surface area contributed by atoms with E-state index >= 15 is 0 Å². The van der Waals surface area contributed by atoms with Crippen molar-refractivity contribution < 1.29 is 13.9 Å². The Balaban J connectivity index is 1.41. The summed E-state index contributed by atoms with van der Waals surface area (Å²) in [6.45, 7) is 5.93. The largest absolute Gasteiger partial charge is 0.379 e. The van der Waals surface area contributed by atoms with Crippen molar-refractivity contribution in [2.45, 2.75) is 13.5 Å². The number of anilines is 1. The number of nitrogens with one attached hydrogen (secondary N) is 1. The van der Waals surface area contributed by atoms with E-state index in [9.17, 15) is 9.18 Å². The number of rotatable bonds is 6. The summed E-state index contributed by atoms with van der Waals surface area (Å²) >= 11 is 1.40. The van der Waals surface area contributed by atoms with Crippen molar-refractivity contribution >= 4 is 22.4 Å². The second-order valence-electron chi connectivity index (χ2n) is 8.17. The molecule has 7 nitrogen and oxygen atoms in total. The number of hydrogen-bond donors (Lipinski definition) is 1. The van der Waals surface area contributed by atoms with E-state index in [0.717, 1.165) is 49.7 Å². The highest BCUT2D eigenvalue weighted by atomic mass is 32.1. The van der Waals surface area contributed by atoms with Crippen molar-refractivity contribution in [2.24, 2.45) is 0 Å². The molecular formula is C25H24FN5O2S. The molecule has 0 spiro atoms. The van der Waals surface area contributed by atoms with E-state index < -0.39 is 0 Å². The summed E-state index contributed by atoms with van der Waals surface area (Å²) in [7, 11) is 0. The molecule has 0 saturated carbocycles. The lowest BCUT2D eigenvalue weighted by Gasteiger charge is -2.25. The number of ether oxygens (including phenoxy) is 1. The number of benzene rings is 2. The predicted molar refractivity (Wildman–Crippen MR) is 130 cm³/mol. The molecule has 1 fully saturated rings. The van der Waals surface area contributed by atoms with Crippen molar-refractivity contribution in [3.05, 3.63) is 82.7 Å². The molecule has 0 radical (unpaired) electrons. The van der Waals surface area contributed by atoms with Gasteiger partial charge in [0.05, 0.1) is 30.2 Å². The van der Waals surface area contributed by atoms with Crippen LogP contribution in [0.2, 0.25) is 0 Å². The van der Waals surface area contributed by atoms with E-state index in [1.54, 1.807) is 23.0 Å². The lowest BCUT2D eigenvalue weighted by molar-refractivity contribution is 0.0337. The fraction of sp³-hybridized carbons (Fsp3) is 0.240. The van der Waals surface area contributed by atoms with Gasteiger partial charge in [-0.3, -0.25) is 15.0 Å². The second-order valence-corrected chi connectivity index (χ2v) is 9.03. The van der Waals surface area contributed by atoms with Gasteiger partial charge in [-0.05, 0) is 37.3 Å². The van der Waals surface area contributed by atoms with E-state index in [-0.39, 0.29) is 11.7 Å². The van der Waals surface area contributed by atoms with Crippen molar-refractivity contribution in [1.82, 2.24) is 19.7 Å². The van der Waals surface area contributed by atoms with Crippen molar-refractivity contribution in [1.29, 1.82) is 0 Å². The molecule has 1 amide bonds. The van der Waals surface area contributed by atoms with E-state index in [4.69, 9.17) is 4.74 Å². The Morgan fingerprint density at radius 3 is 2.74 bits per heavy atom. The van der Waals surface area contributed by atoms with Gasteiger partial charge < -0.3 is 4.74 Å². The summed E-state index contributed by atoms with van der Waals surface area (Å²) < 4.78 is 20.4. The van der Waals surface area contributed by atoms with Gasteiger partial charge in [0.1, 0.15) is 11.5 Å². The molecule has 2 aromatic heterocycles. The molecule has 3 heterocycles. The van der Waals surface area contributed by atoms with E-state index in [0.29, 0.717) is 22.1 Å². The van der Waals surface area contributed by atoms with Crippen LogP contribution in [0.5, 0.6) is 0 Å². The van der Waals surface area contributed by atoms with Gasteiger partial charge in [0.2, 0.25) is 0 Å². The minimum Gasteiger partial charge on any atom is -0.379 e. The normalized spacial score (nSPS) is 14.3. The van der Waals surface area contributed by atoms with Gasteiger partial charge >= 0.3 is 0 Å². The third-order valence-electron chi connectivity index (χ3n) is 5.60. The van der Waals surface area contributed by atoms with Crippen LogP contribution in [0.25, 0.3) is 16.9 Å². The SMILES string of the molecule is Cc1cccc(-c2nn(-c3ccc(F)cc3)cc2C(=O)Nc2nc(CN3CCOCC3)cs2)c1. The number of hydrogen-bond acceptors (Lipinski definition) is 6. The number of halogens is 1. The van der Waals surface area contributed by atoms with Crippen LogP contribution in [-0.2, 0) is 11.3 Å². The Bertz CT molecular complexity index is 1290. The summed E-state index contributed by atoms with van der Waals surface area (Å²) in [6.07, 6.45) is 1.67. The predicted octanol–water partition coefficient (Wildman–Crippen LogP) is 4.53. The Morgan fingerprint density at radius 1 is 1.18 bits per heavy atom. The van der Waals surface area contributed by atoms with E-state index in [1.807, 2.05) is 36.6 Å². The maximum atomic E-state index is 13.4. The minimum atomic E-state index is -0.329. The number of carbonyl (C=O) groups excluding carboxylic acids is 1. The zero-order valence-electron chi connectivity index (χ0n) is 18.7. The average Bonchev–Trinajstić information content (AvgIpc) is 3.48. The van der Waals surface area contributed by atoms with Gasteiger partial charge in [-0.1, -0.05) is 23.8 Å². The van der Waals surface area contributed by atoms with Crippen LogP contribution < -0.4 is 5.32 Å². The van der Waals surface area contributed by atoms with Crippen LogP contribution in [0, 0.1) is 12.7 Å². The number of nitrogens with zero attached hydrogens (tertiary/aromatic N) is 4. The zero-order chi connectivity index (χ0) is 23.5. The third-order valence-corrected chi connectivity index (χ3v) is 6.41. The number of morpholine rings is 1. The van der Waals surface area contributed by atoms with Crippen molar-refractivity contribution in [3.63, 3.8) is 0 Å². The number of aryl methyl sites for hydroxylation is 1. The van der Waals surface area contributed by atoms with Gasteiger partial charge in [-0.2, -0.15) is 5.10 Å². The Hall–Kier alpha value is -3.40. The molecule has 0 aliphatic carbocycles. The number of thiazole rings is 1. The minimum absolute atomic E-state index is 0.294. The Morgan fingerprint density at radius 2 is 1.97 bits per heavy atom. The quantitative estimate of drug-likeness (QED) is 0.442. The molecule has 5 rings (SSSR count). The smallest absolute Gasteiger partial charge is 0.261 e. The molecule has 2 aromatic carbocycles. The summed E-state index contributed by atoms with van der Waals surface area (Å²) in [5.74, 6) is -0.624. The van der Waals surface area contributed by atoms with Crippen LogP contribution in [-0.4, -0.2) is 51.9 Å². The number of amides is 1. The Kier molecular flexibility index (Phi) is 6.48. The number of aromatic nitrogens is 3. The molecule has 1 aliphatic heterocycles. The lowest BCUT2D eigenvalue weighted by atomic mass is 10.1. The summed E-state index contributed by atoms with van der Waals surface area (Å²) in [5.41, 5.74) is 4.45. The van der Waals surface area contributed by atoms with Crippen LogP contribution in [0.4, 0.5) is 9.52 Å². The Labute approximate surface area is 200 Å². The van der Waals surface area contributed by atoms with E-state index in [1.165, 1.54) is 23.5 Å². The maximum absolute atomic E-state index is 13.4. The monoisotopic (exact) mass is 477 g/mol. The molecule has 0 bridgehead atoms. The molecule has 4 aromatic rings. The summed E-state index contributed by atoms with van der Waals surface area (Å²) in [5, 5.41) is 10.1. The molecule has 34 heavy (non-hydrogen) atoms. The van der Waals surface area contributed by atoms with Crippen molar-refractivity contribution in [2.75, 3.05) is 31.6 Å². The van der Waals surface area contributed by atoms with Gasteiger partial charge in [0, 0.05) is 36.8 Å². The van der Waals surface area contributed by atoms with Gasteiger partial charge in [0.15, 0.2) is 5.13 Å². The molecule has 174 valence electrons. The summed E-state index contributed by atoms with van der Waals surface area (Å²) in [4.78, 5) is 20.2. The molecule has 0 atom stereocenters. The van der Waals surface area contributed by atoms with Crippen LogP contribution >= 0.6 is 11.3 Å². The maximum Gasteiger partial charge on any atom is 0.261 e. The third kappa shape index (κ3) is 5.06. The zero-order valence-corrected chi connectivity index (χ0v) is 19.5. The van der Waals surface area contributed by atoms with Crippen LogP contribution in [0.15, 0.2) is 60.1 Å². The topological polar surface area (TPSA) is 72.3 Å². The first-order valence-corrected chi connectivity index (χ1v) is 11.9. The standard InChI is InChI=1S/C25H24FN5O2S/c1-17-3-2-4-18(13-17)23-22(15-31(29-23)21-7-5-19(26)6-8-21)24(32)28-25-27-20(16-34-25)14-30-9-11-33-12-10-30/h2-8,13,15-16H,9-12,14H2,1H3,(H,27,28,32). The molecule has 1 N–H and O–H groups in total. The van der Waals surface area contributed by atoms with E-state index in [2.05, 4.69) is 20.3 Å². The highest BCUT2D eigenvalue weighted by Crippen LogP contribution is 2.26. The first kappa shape index (κ1) is 22.4. The average molecular weight is 478 g/mol. The summed E-state index contributed by atoms with van der Waals surface area (Å²) in [6, 6.07) is 13.8. The highest BCUT2D eigenvalue weighted by molar-refractivity contribution is 7.14. The molecule has 1 saturated heterocycles. The number of carbonyl (C=O) groups is 1. The first-order chi connectivity index (χ1) is 16.5. The first-order valence-electron chi connectivity index (χ1n) is 11.0. The lowest BCUT2D eigenvalue weighted by Crippen LogP contribution is -2.35. The fourth-order valence-corrected chi connectivity index (χ4v) is 4.56. The van der Waals surface area contributed by atoms with Gasteiger partial charge in [-0.25, -0.2) is 14.1 Å². The highest BCUT2D eigenvalue weighted by Gasteiger charge is 2.20. The van der Waals surface area contributed by atoms with Crippen LogP contribution in [0.1, 0.15) is 21.6 Å². The van der Waals surface area contributed by atoms with Crippen LogP contribution in [0.3, 0.4) is 0 Å². The van der Waals surface area contributed by atoms with Gasteiger partial charge in [0.25, 0.3) is 5.91 Å².